The van der Waals surface area contributed by atoms with Crippen LogP contribution in [0.1, 0.15) is 55.1 Å². The molecular formula is C24H30N6O2. The number of pyridine rings is 1. The largest absolute Gasteiger partial charge is 0.337 e. The Hall–Kier alpha value is -3.00. The lowest BCUT2D eigenvalue weighted by Gasteiger charge is -2.32. The van der Waals surface area contributed by atoms with E-state index in [1.165, 1.54) is 5.56 Å². The molecule has 1 N–H and O–H groups in total. The summed E-state index contributed by atoms with van der Waals surface area (Å²) in [5, 5.41) is 3.33. The Morgan fingerprint density at radius 2 is 2.19 bits per heavy atom. The van der Waals surface area contributed by atoms with Crippen LogP contribution in [-0.2, 0) is 24.3 Å². The van der Waals surface area contributed by atoms with Gasteiger partial charge in [0.05, 0.1) is 17.8 Å². The summed E-state index contributed by atoms with van der Waals surface area (Å²) in [6.07, 6.45) is 6.55. The molecule has 5 rings (SSSR count). The Morgan fingerprint density at radius 3 is 2.97 bits per heavy atom. The maximum atomic E-state index is 13.2. The molecule has 32 heavy (non-hydrogen) atoms. The number of H-pyrrole nitrogens is 1. The second-order valence-corrected chi connectivity index (χ2v) is 9.35. The molecule has 3 aromatic heterocycles. The third kappa shape index (κ3) is 3.95. The van der Waals surface area contributed by atoms with Crippen LogP contribution in [0.15, 0.2) is 35.4 Å². The molecule has 3 aromatic rings. The Balaban J connectivity index is 1.39. The highest BCUT2D eigenvalue weighted by atomic mass is 16.2. The Labute approximate surface area is 187 Å². The summed E-state index contributed by atoms with van der Waals surface area (Å²) in [4.78, 5) is 38.9. The molecule has 168 valence electrons. The lowest BCUT2D eigenvalue weighted by molar-refractivity contribution is -0.135. The van der Waals surface area contributed by atoms with Gasteiger partial charge in [-0.05, 0) is 31.0 Å². The number of nitrogens with one attached hydrogen (secondary N) is 1. The quantitative estimate of drug-likeness (QED) is 0.681. The summed E-state index contributed by atoms with van der Waals surface area (Å²) in [5.41, 5.74) is 4.34. The number of rotatable bonds is 4. The molecule has 2 aliphatic rings. The van der Waals surface area contributed by atoms with Crippen molar-refractivity contribution in [1.29, 1.82) is 0 Å². The van der Waals surface area contributed by atoms with Crippen molar-refractivity contribution in [2.75, 3.05) is 19.6 Å². The number of likely N-dealkylation sites (tertiary alicyclic amines) is 1. The zero-order valence-electron chi connectivity index (χ0n) is 18.8. The normalized spacial score (nSPS) is 19.5. The van der Waals surface area contributed by atoms with E-state index in [1.54, 1.807) is 15.6 Å². The maximum Gasteiger partial charge on any atom is 0.277 e. The van der Waals surface area contributed by atoms with Crippen molar-refractivity contribution in [2.45, 2.75) is 52.1 Å². The summed E-state index contributed by atoms with van der Waals surface area (Å²) in [7, 11) is 0. The first-order valence-corrected chi connectivity index (χ1v) is 11.5. The van der Waals surface area contributed by atoms with Crippen molar-refractivity contribution in [3.05, 3.63) is 63.5 Å². The van der Waals surface area contributed by atoms with Crippen molar-refractivity contribution in [1.82, 2.24) is 29.4 Å². The van der Waals surface area contributed by atoms with Gasteiger partial charge in [0.2, 0.25) is 5.91 Å². The fraction of sp³-hybridized carbons (Fsp3) is 0.500. The molecule has 2 aliphatic heterocycles. The molecule has 0 bridgehead atoms. The van der Waals surface area contributed by atoms with Gasteiger partial charge in [0.1, 0.15) is 0 Å². The summed E-state index contributed by atoms with van der Waals surface area (Å²) in [5.74, 6) is 0.342. The van der Waals surface area contributed by atoms with Gasteiger partial charge in [0.15, 0.2) is 5.65 Å². The van der Waals surface area contributed by atoms with Crippen LogP contribution in [0.4, 0.5) is 0 Å². The third-order valence-electron chi connectivity index (χ3n) is 6.66. The average Bonchev–Trinajstić information content (AvgIpc) is 3.24. The number of carbonyl (C=O) groups is 1. The minimum atomic E-state index is -0.0828. The number of aromatic amines is 1. The molecular weight excluding hydrogens is 404 g/mol. The van der Waals surface area contributed by atoms with Crippen LogP contribution in [0.25, 0.3) is 5.65 Å². The van der Waals surface area contributed by atoms with Crippen molar-refractivity contribution in [2.24, 2.45) is 5.92 Å². The molecule has 0 spiro atoms. The van der Waals surface area contributed by atoms with Crippen LogP contribution in [0, 0.1) is 5.92 Å². The van der Waals surface area contributed by atoms with E-state index in [9.17, 15) is 9.59 Å². The lowest BCUT2D eigenvalue weighted by atomic mass is 9.94. The summed E-state index contributed by atoms with van der Waals surface area (Å²) in [6.45, 7) is 7.64. The van der Waals surface area contributed by atoms with E-state index in [0.29, 0.717) is 36.6 Å². The fourth-order valence-electron chi connectivity index (χ4n) is 4.97. The molecule has 1 unspecified atom stereocenters. The van der Waals surface area contributed by atoms with Gasteiger partial charge >= 0.3 is 0 Å². The van der Waals surface area contributed by atoms with E-state index >= 15 is 0 Å². The van der Waals surface area contributed by atoms with E-state index in [4.69, 9.17) is 4.98 Å². The number of nitrogens with zero attached hydrogens (tertiary/aromatic N) is 5. The molecule has 0 radical (unpaired) electrons. The summed E-state index contributed by atoms with van der Waals surface area (Å²) in [6, 6.07) is 6.12. The standard InChI is InChI=1S/C24H30N6O2/c1-16(2)23(31)29-10-7-20-19(15-29)24(32)30-22(26-20)11-21(27-30)18-6-4-9-28(14-18)13-17-5-3-8-25-12-17/h3,5,8,11-12,16,18,27H,4,6-7,9-10,13-15H2,1-2H3. The summed E-state index contributed by atoms with van der Waals surface area (Å²) < 4.78 is 1.57. The van der Waals surface area contributed by atoms with E-state index in [1.807, 2.05) is 32.2 Å². The zero-order valence-corrected chi connectivity index (χ0v) is 18.8. The number of hydrogen-bond donors (Lipinski definition) is 1. The Kier molecular flexibility index (Phi) is 5.55. The van der Waals surface area contributed by atoms with Gasteiger partial charge in [-0.25, -0.2) is 9.50 Å². The van der Waals surface area contributed by atoms with Gasteiger partial charge in [-0.1, -0.05) is 19.9 Å². The predicted molar refractivity (Wildman–Crippen MR) is 121 cm³/mol. The SMILES string of the molecule is CC(C)C(=O)N1CCc2nc3cc(C4CCCN(Cc5cccnc5)C4)[nH]n3c(=O)c2C1. The van der Waals surface area contributed by atoms with Gasteiger partial charge in [0.25, 0.3) is 5.56 Å². The van der Waals surface area contributed by atoms with Crippen molar-refractivity contribution in [3.8, 4) is 0 Å². The average molecular weight is 435 g/mol. The molecule has 0 saturated carbocycles. The molecule has 1 amide bonds. The maximum absolute atomic E-state index is 13.2. The molecule has 1 atom stereocenters. The zero-order chi connectivity index (χ0) is 22.2. The van der Waals surface area contributed by atoms with Gasteiger partial charge in [-0.3, -0.25) is 24.6 Å². The van der Waals surface area contributed by atoms with E-state index in [0.717, 1.165) is 43.9 Å². The van der Waals surface area contributed by atoms with Gasteiger partial charge in [0, 0.05) is 62.0 Å². The van der Waals surface area contributed by atoms with E-state index in [-0.39, 0.29) is 17.4 Å². The van der Waals surface area contributed by atoms with Crippen molar-refractivity contribution < 1.29 is 4.79 Å². The molecule has 1 fully saturated rings. The monoisotopic (exact) mass is 434 g/mol. The first-order chi connectivity index (χ1) is 15.5. The first kappa shape index (κ1) is 20.9. The smallest absolute Gasteiger partial charge is 0.277 e. The lowest BCUT2D eigenvalue weighted by Crippen LogP contribution is -2.41. The van der Waals surface area contributed by atoms with Gasteiger partial charge in [-0.15, -0.1) is 0 Å². The highest BCUT2D eigenvalue weighted by molar-refractivity contribution is 5.78. The highest BCUT2D eigenvalue weighted by Gasteiger charge is 2.28. The molecule has 5 heterocycles. The number of piperidine rings is 1. The van der Waals surface area contributed by atoms with Crippen molar-refractivity contribution in [3.63, 3.8) is 0 Å². The molecule has 1 saturated heterocycles. The molecule has 8 nitrogen and oxygen atoms in total. The number of hydrogen-bond acceptors (Lipinski definition) is 5. The number of fused-ring (bicyclic) bond motifs is 2. The van der Waals surface area contributed by atoms with Crippen LogP contribution < -0.4 is 5.56 Å². The van der Waals surface area contributed by atoms with Gasteiger partial charge in [-0.2, -0.15) is 0 Å². The second kappa shape index (κ2) is 8.50. The second-order valence-electron chi connectivity index (χ2n) is 9.35. The topological polar surface area (TPSA) is 86.6 Å². The number of carbonyl (C=O) groups excluding carboxylic acids is 1. The van der Waals surface area contributed by atoms with E-state index < -0.39 is 0 Å². The number of amides is 1. The minimum Gasteiger partial charge on any atom is -0.337 e. The molecule has 8 heteroatoms. The van der Waals surface area contributed by atoms with Crippen molar-refractivity contribution >= 4 is 11.6 Å². The Morgan fingerprint density at radius 1 is 1.31 bits per heavy atom. The third-order valence-corrected chi connectivity index (χ3v) is 6.66. The molecule has 0 aliphatic carbocycles. The number of aromatic nitrogens is 4. The van der Waals surface area contributed by atoms with Crippen LogP contribution in [0.5, 0.6) is 0 Å². The first-order valence-electron chi connectivity index (χ1n) is 11.5. The van der Waals surface area contributed by atoms with Gasteiger partial charge < -0.3 is 4.90 Å². The predicted octanol–water partition coefficient (Wildman–Crippen LogP) is 2.34. The van der Waals surface area contributed by atoms with E-state index in [2.05, 4.69) is 21.0 Å². The van der Waals surface area contributed by atoms with Crippen LogP contribution in [0.3, 0.4) is 0 Å². The minimum absolute atomic E-state index is 0.0750. The molecule has 0 aromatic carbocycles. The van der Waals surface area contributed by atoms with Crippen LogP contribution in [0.2, 0.25) is 0 Å². The Bertz CT molecular complexity index is 1180. The highest BCUT2D eigenvalue weighted by Crippen LogP contribution is 2.27. The fourth-order valence-corrected chi connectivity index (χ4v) is 4.97. The van der Waals surface area contributed by atoms with Crippen LogP contribution >= 0.6 is 0 Å². The summed E-state index contributed by atoms with van der Waals surface area (Å²) >= 11 is 0. The van der Waals surface area contributed by atoms with Crippen LogP contribution in [-0.4, -0.2) is 54.9 Å².